The van der Waals surface area contributed by atoms with E-state index in [1.807, 2.05) is 30.3 Å². The number of nitrogens with zero attached hydrogens (tertiary/aromatic N) is 6. The Morgan fingerprint density at radius 3 is 2.53 bits per heavy atom. The second-order valence-corrected chi connectivity index (χ2v) is 3.50. The summed E-state index contributed by atoms with van der Waals surface area (Å²) in [6.45, 7) is 0. The maximum absolute atomic E-state index is 4.26. The summed E-state index contributed by atoms with van der Waals surface area (Å²) in [5.41, 5.74) is 1.15. The van der Waals surface area contributed by atoms with Gasteiger partial charge in [0.25, 0.3) is 0 Å². The number of rotatable bonds is 2. The third kappa shape index (κ3) is 2.05. The molecule has 0 fully saturated rings. The third-order valence-electron chi connectivity index (χ3n) is 2.28. The van der Waals surface area contributed by atoms with Gasteiger partial charge in [-0.05, 0) is 5.56 Å². The summed E-state index contributed by atoms with van der Waals surface area (Å²) in [6, 6.07) is 9.99. The van der Waals surface area contributed by atoms with Gasteiger partial charge in [-0.1, -0.05) is 30.3 Å². The van der Waals surface area contributed by atoms with E-state index in [-0.39, 0.29) is 0 Å². The van der Waals surface area contributed by atoms with Crippen LogP contribution in [0.15, 0.2) is 72.4 Å². The summed E-state index contributed by atoms with van der Waals surface area (Å²) >= 11 is 0. The first-order valence-electron chi connectivity index (χ1n) is 5.13. The van der Waals surface area contributed by atoms with Gasteiger partial charge in [-0.25, -0.2) is 9.98 Å². The van der Waals surface area contributed by atoms with Crippen LogP contribution in [0.2, 0.25) is 0 Å². The van der Waals surface area contributed by atoms with E-state index in [1.165, 1.54) is 6.34 Å². The highest BCUT2D eigenvalue weighted by Gasteiger charge is 2.14. The molecule has 0 aliphatic carbocycles. The molecule has 0 radical (unpaired) electrons. The lowest BCUT2D eigenvalue weighted by molar-refractivity contribution is 1.07. The average Bonchev–Trinajstić information content (AvgIpc) is 3.00. The summed E-state index contributed by atoms with van der Waals surface area (Å²) in [5.74, 6) is 1.50. The fraction of sp³-hybridized carbons (Fsp3) is 0.0909. The molecular formula is C11H8N6. The number of aliphatic imine (C=N–C) groups is 2. The predicted molar refractivity (Wildman–Crippen MR) is 62.8 cm³/mol. The first kappa shape index (κ1) is 9.71. The van der Waals surface area contributed by atoms with Gasteiger partial charge in [0.1, 0.15) is 6.34 Å². The monoisotopic (exact) mass is 224 g/mol. The van der Waals surface area contributed by atoms with Crippen molar-refractivity contribution < 1.29 is 0 Å². The summed E-state index contributed by atoms with van der Waals surface area (Å²) in [7, 11) is 0. The van der Waals surface area contributed by atoms with Crippen molar-refractivity contribution in [2.24, 2.45) is 30.4 Å². The lowest BCUT2D eigenvalue weighted by atomic mass is 10.1. The highest BCUT2D eigenvalue weighted by Crippen LogP contribution is 2.20. The Bertz CT molecular complexity index is 565. The molecule has 6 heteroatoms. The van der Waals surface area contributed by atoms with E-state index in [2.05, 4.69) is 30.4 Å². The first-order chi connectivity index (χ1) is 8.42. The topological polar surface area (TPSA) is 74.2 Å². The molecule has 0 aromatic heterocycles. The summed E-state index contributed by atoms with van der Waals surface area (Å²) in [6.07, 6.45) is 2.02. The molecule has 0 amide bonds. The Kier molecular flexibility index (Phi) is 2.38. The lowest BCUT2D eigenvalue weighted by Crippen LogP contribution is -1.96. The lowest BCUT2D eigenvalue weighted by Gasteiger charge is -1.95. The van der Waals surface area contributed by atoms with Crippen LogP contribution >= 0.6 is 0 Å². The zero-order valence-electron chi connectivity index (χ0n) is 8.85. The molecule has 0 N–H and O–H groups in total. The van der Waals surface area contributed by atoms with Gasteiger partial charge in [-0.3, -0.25) is 0 Å². The zero-order valence-corrected chi connectivity index (χ0v) is 8.85. The molecule has 17 heavy (non-hydrogen) atoms. The molecule has 0 saturated heterocycles. The third-order valence-corrected chi connectivity index (χ3v) is 2.28. The summed E-state index contributed by atoms with van der Waals surface area (Å²) < 4.78 is 0. The number of azo groups is 2. The molecule has 0 spiro atoms. The van der Waals surface area contributed by atoms with Gasteiger partial charge in [0.2, 0.25) is 11.6 Å². The van der Waals surface area contributed by atoms with E-state index in [4.69, 9.17) is 0 Å². The molecule has 0 unspecified atom stereocenters. The van der Waals surface area contributed by atoms with E-state index < -0.39 is 0 Å². The largest absolute Gasteiger partial charge is 0.223 e. The van der Waals surface area contributed by atoms with E-state index in [1.54, 1.807) is 0 Å². The molecule has 2 heterocycles. The highest BCUT2D eigenvalue weighted by atomic mass is 15.3. The van der Waals surface area contributed by atoms with Crippen molar-refractivity contribution >= 4 is 12.2 Å². The van der Waals surface area contributed by atoms with Crippen LogP contribution in [0.1, 0.15) is 5.56 Å². The molecule has 0 bridgehead atoms. The standard InChI is InChI=1S/C11H8N6/c1-2-4-8(5-3-1)6-9-14-11(17-15-9)10-12-7-13-16-10/h1-5,7H,6H2. The van der Waals surface area contributed by atoms with Gasteiger partial charge in [0, 0.05) is 6.42 Å². The van der Waals surface area contributed by atoms with Crippen molar-refractivity contribution in [2.75, 3.05) is 0 Å². The van der Waals surface area contributed by atoms with Crippen molar-refractivity contribution in [3.05, 3.63) is 47.5 Å². The van der Waals surface area contributed by atoms with Crippen molar-refractivity contribution in [2.45, 2.75) is 6.42 Å². The Morgan fingerprint density at radius 1 is 0.882 bits per heavy atom. The Morgan fingerprint density at radius 2 is 1.76 bits per heavy atom. The van der Waals surface area contributed by atoms with Crippen LogP contribution in [-0.2, 0) is 6.42 Å². The maximum atomic E-state index is 4.26. The molecule has 2 aliphatic rings. The van der Waals surface area contributed by atoms with Crippen LogP contribution in [0.3, 0.4) is 0 Å². The van der Waals surface area contributed by atoms with Crippen molar-refractivity contribution in [1.29, 1.82) is 0 Å². The molecule has 1 aromatic rings. The Labute approximate surface area is 97.2 Å². The SMILES string of the molecule is C1=NC(=C2N=NC(Cc3ccccc3)=N2)N=N1. The van der Waals surface area contributed by atoms with E-state index >= 15 is 0 Å². The number of amidine groups is 1. The fourth-order valence-electron chi connectivity index (χ4n) is 1.51. The van der Waals surface area contributed by atoms with Crippen LogP contribution in [0.5, 0.6) is 0 Å². The molecule has 0 saturated carbocycles. The fourth-order valence-corrected chi connectivity index (χ4v) is 1.51. The Hall–Kier alpha value is -2.50. The van der Waals surface area contributed by atoms with E-state index in [0.717, 1.165) is 5.56 Å². The molecule has 0 atom stereocenters. The first-order valence-corrected chi connectivity index (χ1v) is 5.13. The van der Waals surface area contributed by atoms with Gasteiger partial charge in [0.05, 0.1) is 0 Å². The predicted octanol–water partition coefficient (Wildman–Crippen LogP) is 2.71. The van der Waals surface area contributed by atoms with Gasteiger partial charge < -0.3 is 0 Å². The van der Waals surface area contributed by atoms with Crippen LogP contribution in [-0.4, -0.2) is 12.2 Å². The molecule has 82 valence electrons. The highest BCUT2D eigenvalue weighted by molar-refractivity contribution is 5.87. The van der Waals surface area contributed by atoms with Crippen molar-refractivity contribution in [3.63, 3.8) is 0 Å². The molecular weight excluding hydrogens is 216 g/mol. The summed E-state index contributed by atoms with van der Waals surface area (Å²) in [4.78, 5) is 8.18. The number of hydrogen-bond donors (Lipinski definition) is 0. The quantitative estimate of drug-likeness (QED) is 0.740. The van der Waals surface area contributed by atoms with Crippen molar-refractivity contribution in [3.8, 4) is 0 Å². The van der Waals surface area contributed by atoms with Crippen LogP contribution < -0.4 is 0 Å². The van der Waals surface area contributed by atoms with Gasteiger partial charge in [-0.15, -0.1) is 20.5 Å². The minimum absolute atomic E-state index is 0.414. The summed E-state index contributed by atoms with van der Waals surface area (Å²) in [5, 5.41) is 15.3. The second kappa shape index (κ2) is 4.17. The minimum Gasteiger partial charge on any atom is -0.210 e. The number of benzene rings is 1. The second-order valence-electron chi connectivity index (χ2n) is 3.50. The molecule has 1 aromatic carbocycles. The maximum Gasteiger partial charge on any atom is 0.223 e. The molecule has 3 rings (SSSR count). The van der Waals surface area contributed by atoms with Crippen LogP contribution in [0.25, 0.3) is 0 Å². The van der Waals surface area contributed by atoms with E-state index in [9.17, 15) is 0 Å². The van der Waals surface area contributed by atoms with Gasteiger partial charge in [-0.2, -0.15) is 0 Å². The van der Waals surface area contributed by atoms with Gasteiger partial charge in [0.15, 0.2) is 5.84 Å². The zero-order chi connectivity index (χ0) is 11.5. The molecule has 6 nitrogen and oxygen atoms in total. The normalized spacial score (nSPS) is 21.3. The Balaban J connectivity index is 1.82. The van der Waals surface area contributed by atoms with Crippen molar-refractivity contribution in [1.82, 2.24) is 0 Å². The van der Waals surface area contributed by atoms with E-state index in [0.29, 0.717) is 23.9 Å². The van der Waals surface area contributed by atoms with Crippen LogP contribution in [0.4, 0.5) is 0 Å². The molecule has 2 aliphatic heterocycles. The van der Waals surface area contributed by atoms with Crippen LogP contribution in [0, 0.1) is 0 Å². The number of hydrogen-bond acceptors (Lipinski definition) is 6. The van der Waals surface area contributed by atoms with Gasteiger partial charge >= 0.3 is 0 Å². The average molecular weight is 224 g/mol. The minimum atomic E-state index is 0.414. The smallest absolute Gasteiger partial charge is 0.210 e.